The van der Waals surface area contributed by atoms with Gasteiger partial charge in [0.2, 0.25) is 5.78 Å². The minimum Gasteiger partial charge on any atom is -0.288 e. The summed E-state index contributed by atoms with van der Waals surface area (Å²) in [6.45, 7) is 6.29. The third-order valence-corrected chi connectivity index (χ3v) is 5.45. The maximum absolute atomic E-state index is 12.5. The van der Waals surface area contributed by atoms with Crippen LogP contribution in [0.15, 0.2) is 28.1 Å². The molecule has 1 aromatic carbocycles. The predicted octanol–water partition coefficient (Wildman–Crippen LogP) is 5.17. The molecule has 1 nitrogen and oxygen atoms in total. The second kappa shape index (κ2) is 6.02. The van der Waals surface area contributed by atoms with Crippen LogP contribution in [0.1, 0.15) is 45.8 Å². The first-order valence-corrected chi connectivity index (χ1v) is 8.10. The normalized spacial score (nSPS) is 10.7. The van der Waals surface area contributed by atoms with E-state index in [0.29, 0.717) is 0 Å². The van der Waals surface area contributed by atoms with E-state index in [9.17, 15) is 4.79 Å². The van der Waals surface area contributed by atoms with Gasteiger partial charge in [-0.15, -0.1) is 11.3 Å². The largest absolute Gasteiger partial charge is 0.288 e. The van der Waals surface area contributed by atoms with Crippen LogP contribution in [-0.2, 0) is 12.8 Å². The number of ketones is 1. The third-order valence-electron chi connectivity index (χ3n) is 3.31. The standard InChI is InChI=1S/C16H17BrOS/c1-4-11-6-7-13(9-12(11)5-2)15(18)14-8-10(3)16(17)19-14/h6-9H,4-5H2,1-3H3. The van der Waals surface area contributed by atoms with Crippen LogP contribution in [0.4, 0.5) is 0 Å². The van der Waals surface area contributed by atoms with Crippen molar-refractivity contribution in [3.8, 4) is 0 Å². The van der Waals surface area contributed by atoms with Crippen molar-refractivity contribution in [1.29, 1.82) is 0 Å². The summed E-state index contributed by atoms with van der Waals surface area (Å²) < 4.78 is 1.04. The lowest BCUT2D eigenvalue weighted by Gasteiger charge is -2.07. The molecule has 19 heavy (non-hydrogen) atoms. The number of benzene rings is 1. The molecule has 0 atom stereocenters. The Balaban J connectivity index is 2.39. The van der Waals surface area contributed by atoms with Gasteiger partial charge in [0.15, 0.2) is 0 Å². The van der Waals surface area contributed by atoms with Gasteiger partial charge in [0, 0.05) is 5.56 Å². The maximum atomic E-state index is 12.5. The summed E-state index contributed by atoms with van der Waals surface area (Å²) in [5.74, 6) is 0.121. The molecule has 0 radical (unpaired) electrons. The van der Waals surface area contributed by atoms with Gasteiger partial charge < -0.3 is 0 Å². The lowest BCUT2D eigenvalue weighted by Crippen LogP contribution is -2.01. The van der Waals surface area contributed by atoms with E-state index >= 15 is 0 Å². The fourth-order valence-electron chi connectivity index (χ4n) is 2.16. The molecule has 0 N–H and O–H groups in total. The van der Waals surface area contributed by atoms with Gasteiger partial charge in [0.05, 0.1) is 8.66 Å². The summed E-state index contributed by atoms with van der Waals surface area (Å²) >= 11 is 4.98. The Morgan fingerprint density at radius 2 is 1.84 bits per heavy atom. The number of hydrogen-bond donors (Lipinski definition) is 0. The Kier molecular flexibility index (Phi) is 4.58. The molecule has 0 fully saturated rings. The van der Waals surface area contributed by atoms with Crippen molar-refractivity contribution in [3.63, 3.8) is 0 Å². The predicted molar refractivity (Wildman–Crippen MR) is 85.4 cm³/mol. The average Bonchev–Trinajstić information content (AvgIpc) is 2.77. The zero-order valence-electron chi connectivity index (χ0n) is 11.4. The molecular weight excluding hydrogens is 320 g/mol. The van der Waals surface area contributed by atoms with Crippen molar-refractivity contribution in [2.75, 3.05) is 0 Å². The van der Waals surface area contributed by atoms with E-state index in [4.69, 9.17) is 0 Å². The first-order chi connectivity index (χ1) is 9.06. The SMILES string of the molecule is CCc1ccc(C(=O)c2cc(C)c(Br)s2)cc1CC. The van der Waals surface area contributed by atoms with Gasteiger partial charge in [0.25, 0.3) is 0 Å². The molecule has 0 aliphatic carbocycles. The van der Waals surface area contributed by atoms with Crippen LogP contribution in [0, 0.1) is 6.92 Å². The molecular formula is C16H17BrOS. The van der Waals surface area contributed by atoms with Gasteiger partial charge in [-0.25, -0.2) is 0 Å². The van der Waals surface area contributed by atoms with Crippen LogP contribution in [0.3, 0.4) is 0 Å². The monoisotopic (exact) mass is 336 g/mol. The summed E-state index contributed by atoms with van der Waals surface area (Å²) in [6, 6.07) is 8.03. The van der Waals surface area contributed by atoms with Crippen LogP contribution in [0.25, 0.3) is 0 Å². The molecule has 0 aliphatic heterocycles. The van der Waals surface area contributed by atoms with Crippen molar-refractivity contribution in [1.82, 2.24) is 0 Å². The highest BCUT2D eigenvalue weighted by atomic mass is 79.9. The zero-order valence-corrected chi connectivity index (χ0v) is 13.8. The highest BCUT2D eigenvalue weighted by molar-refractivity contribution is 9.11. The molecule has 0 saturated heterocycles. The molecule has 0 saturated carbocycles. The Morgan fingerprint density at radius 1 is 1.16 bits per heavy atom. The van der Waals surface area contributed by atoms with Crippen molar-refractivity contribution >= 4 is 33.0 Å². The molecule has 0 amide bonds. The van der Waals surface area contributed by atoms with Crippen molar-refractivity contribution in [2.45, 2.75) is 33.6 Å². The molecule has 2 aromatic rings. The van der Waals surface area contributed by atoms with Crippen LogP contribution in [0.5, 0.6) is 0 Å². The lowest BCUT2D eigenvalue weighted by atomic mass is 9.98. The molecule has 0 aliphatic rings. The highest BCUT2D eigenvalue weighted by Gasteiger charge is 2.14. The smallest absolute Gasteiger partial charge is 0.202 e. The summed E-state index contributed by atoms with van der Waals surface area (Å²) in [5.41, 5.74) is 4.53. The van der Waals surface area contributed by atoms with E-state index in [2.05, 4.69) is 35.8 Å². The minimum absolute atomic E-state index is 0.121. The van der Waals surface area contributed by atoms with E-state index in [0.717, 1.165) is 32.6 Å². The van der Waals surface area contributed by atoms with Crippen molar-refractivity contribution < 1.29 is 4.79 Å². The van der Waals surface area contributed by atoms with Gasteiger partial charge in [0.1, 0.15) is 0 Å². The average molecular weight is 337 g/mol. The number of hydrogen-bond acceptors (Lipinski definition) is 2. The first kappa shape index (κ1) is 14.5. The Bertz CT molecular complexity index is 594. The molecule has 2 rings (SSSR count). The number of thiophene rings is 1. The Labute approximate surface area is 126 Å². The van der Waals surface area contributed by atoms with Crippen LogP contribution >= 0.6 is 27.3 Å². The summed E-state index contributed by atoms with van der Waals surface area (Å²) in [5, 5.41) is 0. The second-order valence-electron chi connectivity index (χ2n) is 4.59. The fourth-order valence-corrected chi connectivity index (χ4v) is 3.65. The maximum Gasteiger partial charge on any atom is 0.202 e. The zero-order chi connectivity index (χ0) is 14.0. The molecule has 0 unspecified atom stereocenters. The van der Waals surface area contributed by atoms with Crippen molar-refractivity contribution in [2.24, 2.45) is 0 Å². The number of carbonyl (C=O) groups excluding carboxylic acids is 1. The van der Waals surface area contributed by atoms with Crippen LogP contribution < -0.4 is 0 Å². The number of carbonyl (C=O) groups is 1. The van der Waals surface area contributed by atoms with E-state index < -0.39 is 0 Å². The quantitative estimate of drug-likeness (QED) is 0.703. The Morgan fingerprint density at radius 3 is 2.37 bits per heavy atom. The second-order valence-corrected chi connectivity index (χ2v) is 6.96. The lowest BCUT2D eigenvalue weighted by molar-refractivity contribution is 0.104. The topological polar surface area (TPSA) is 17.1 Å². The summed E-state index contributed by atoms with van der Waals surface area (Å²) in [7, 11) is 0. The third kappa shape index (κ3) is 2.98. The minimum atomic E-state index is 0.121. The van der Waals surface area contributed by atoms with Gasteiger partial charge in [-0.2, -0.15) is 0 Å². The van der Waals surface area contributed by atoms with Crippen molar-refractivity contribution in [3.05, 3.63) is 55.2 Å². The first-order valence-electron chi connectivity index (χ1n) is 6.49. The summed E-state index contributed by atoms with van der Waals surface area (Å²) in [4.78, 5) is 13.3. The summed E-state index contributed by atoms with van der Waals surface area (Å²) in [6.07, 6.45) is 1.98. The van der Waals surface area contributed by atoms with E-state index in [1.165, 1.54) is 22.5 Å². The molecule has 1 heterocycles. The Hall–Kier alpha value is -0.930. The molecule has 0 bridgehead atoms. The van der Waals surface area contributed by atoms with E-state index in [1.54, 1.807) is 0 Å². The van der Waals surface area contributed by atoms with Gasteiger partial charge in [-0.3, -0.25) is 4.79 Å². The fraction of sp³-hybridized carbons (Fsp3) is 0.312. The number of rotatable bonds is 4. The molecule has 0 spiro atoms. The molecule has 100 valence electrons. The van der Waals surface area contributed by atoms with Gasteiger partial charge in [-0.1, -0.05) is 26.0 Å². The van der Waals surface area contributed by atoms with E-state index in [-0.39, 0.29) is 5.78 Å². The van der Waals surface area contributed by atoms with E-state index in [1.807, 2.05) is 25.1 Å². The number of halogens is 1. The number of aryl methyl sites for hydroxylation is 3. The molecule has 3 heteroatoms. The van der Waals surface area contributed by atoms with Crippen LogP contribution in [-0.4, -0.2) is 5.78 Å². The molecule has 1 aromatic heterocycles. The highest BCUT2D eigenvalue weighted by Crippen LogP contribution is 2.29. The van der Waals surface area contributed by atoms with Gasteiger partial charge in [-0.05, 0) is 64.5 Å². The van der Waals surface area contributed by atoms with Crippen LogP contribution in [0.2, 0.25) is 0 Å². The van der Waals surface area contributed by atoms with Gasteiger partial charge >= 0.3 is 0 Å².